The molecule has 0 fully saturated rings. The van der Waals surface area contributed by atoms with E-state index in [0.29, 0.717) is 0 Å². The maximum atomic E-state index is 2.39. The third-order valence-corrected chi connectivity index (χ3v) is 12.4. The maximum Gasteiger partial charge on any atom is 0.0541 e. The van der Waals surface area contributed by atoms with Crippen molar-refractivity contribution in [2.75, 3.05) is 4.90 Å². The Hall–Kier alpha value is -7.20. The molecule has 0 saturated heterocycles. The summed E-state index contributed by atoms with van der Waals surface area (Å²) in [5.74, 6) is 0. The zero-order chi connectivity index (χ0) is 37.7. The van der Waals surface area contributed by atoms with Gasteiger partial charge in [0.05, 0.1) is 11.0 Å². The lowest BCUT2D eigenvalue weighted by molar-refractivity contribution is 1.18. The van der Waals surface area contributed by atoms with Gasteiger partial charge in [0, 0.05) is 59.3 Å². The normalized spacial score (nSPS) is 11.5. The van der Waals surface area contributed by atoms with Crippen molar-refractivity contribution < 1.29 is 0 Å². The summed E-state index contributed by atoms with van der Waals surface area (Å²) in [6.07, 6.45) is 0. The largest absolute Gasteiger partial charge is 0.311 e. The SMILES string of the molecule is c1ccc(-c2ccc(N(c3ccccc3)c3ccc(-c4cc(-c5ccc(-n6c7ccccc7c7ccccc76)cc5)c5sc6ccccc6c5c4)cc3)cc2)cc1. The number of benzene rings is 9. The van der Waals surface area contributed by atoms with Gasteiger partial charge in [-0.25, -0.2) is 0 Å². The van der Waals surface area contributed by atoms with E-state index in [4.69, 9.17) is 0 Å². The minimum Gasteiger partial charge on any atom is -0.311 e. The van der Waals surface area contributed by atoms with Crippen LogP contribution in [0.25, 0.3) is 81.0 Å². The summed E-state index contributed by atoms with van der Waals surface area (Å²) in [6, 6.07) is 79.2. The van der Waals surface area contributed by atoms with Crippen molar-refractivity contribution in [3.63, 3.8) is 0 Å². The van der Waals surface area contributed by atoms with E-state index in [1.807, 2.05) is 11.3 Å². The van der Waals surface area contributed by atoms with Crippen LogP contribution in [-0.2, 0) is 0 Å². The second-order valence-corrected chi connectivity index (χ2v) is 15.6. The molecule has 0 saturated carbocycles. The van der Waals surface area contributed by atoms with Crippen molar-refractivity contribution in [3.8, 4) is 39.1 Å². The highest BCUT2D eigenvalue weighted by Gasteiger charge is 2.17. The van der Waals surface area contributed by atoms with Crippen molar-refractivity contribution in [1.29, 1.82) is 0 Å². The van der Waals surface area contributed by atoms with Gasteiger partial charge in [-0.3, -0.25) is 0 Å². The molecule has 0 aliphatic heterocycles. The smallest absolute Gasteiger partial charge is 0.0541 e. The number of rotatable bonds is 7. The Kier molecular flexibility index (Phi) is 8.04. The molecule has 0 atom stereocenters. The van der Waals surface area contributed by atoms with Gasteiger partial charge in [0.15, 0.2) is 0 Å². The Morgan fingerprint density at radius 3 is 1.44 bits per heavy atom. The van der Waals surface area contributed by atoms with E-state index in [9.17, 15) is 0 Å². The topological polar surface area (TPSA) is 8.17 Å². The fraction of sp³-hybridized carbons (Fsp3) is 0. The molecular formula is C54H36N2S. The third kappa shape index (κ3) is 5.80. The number of aromatic nitrogens is 1. The van der Waals surface area contributed by atoms with Gasteiger partial charge in [0.1, 0.15) is 0 Å². The molecule has 2 heterocycles. The van der Waals surface area contributed by atoms with Crippen LogP contribution in [0.15, 0.2) is 218 Å². The zero-order valence-electron chi connectivity index (χ0n) is 31.1. The van der Waals surface area contributed by atoms with Crippen LogP contribution in [0.4, 0.5) is 17.1 Å². The fourth-order valence-electron chi connectivity index (χ4n) is 8.46. The minimum atomic E-state index is 1.11. The van der Waals surface area contributed by atoms with Crippen LogP contribution in [-0.4, -0.2) is 4.57 Å². The van der Waals surface area contributed by atoms with Crippen molar-refractivity contribution in [1.82, 2.24) is 4.57 Å². The Morgan fingerprint density at radius 2 is 0.807 bits per heavy atom. The second-order valence-electron chi connectivity index (χ2n) is 14.5. The molecule has 11 aromatic rings. The summed E-state index contributed by atoms with van der Waals surface area (Å²) in [5, 5.41) is 5.14. The molecule has 57 heavy (non-hydrogen) atoms. The van der Waals surface area contributed by atoms with Crippen LogP contribution in [0.1, 0.15) is 0 Å². The molecule has 0 spiro atoms. The minimum absolute atomic E-state index is 1.11. The number of fused-ring (bicyclic) bond motifs is 6. The average Bonchev–Trinajstić information content (AvgIpc) is 3.83. The van der Waals surface area contributed by atoms with Crippen LogP contribution < -0.4 is 4.90 Å². The predicted octanol–water partition coefficient (Wildman–Crippen LogP) is 15.6. The summed E-state index contributed by atoms with van der Waals surface area (Å²) >= 11 is 1.88. The lowest BCUT2D eigenvalue weighted by atomic mass is 9.95. The van der Waals surface area contributed by atoms with Gasteiger partial charge < -0.3 is 9.47 Å². The first-order valence-corrected chi connectivity index (χ1v) is 20.2. The predicted molar refractivity (Wildman–Crippen MR) is 245 cm³/mol. The van der Waals surface area contributed by atoms with Crippen molar-refractivity contribution in [2.45, 2.75) is 0 Å². The molecule has 2 nitrogen and oxygen atoms in total. The molecule has 0 bridgehead atoms. The molecular weight excluding hydrogens is 709 g/mol. The van der Waals surface area contributed by atoms with Crippen LogP contribution in [0.2, 0.25) is 0 Å². The van der Waals surface area contributed by atoms with E-state index in [2.05, 4.69) is 228 Å². The highest BCUT2D eigenvalue weighted by atomic mass is 32.1. The van der Waals surface area contributed by atoms with E-state index in [1.165, 1.54) is 75.4 Å². The van der Waals surface area contributed by atoms with E-state index in [1.54, 1.807) is 0 Å². The lowest BCUT2D eigenvalue weighted by Crippen LogP contribution is -2.09. The first-order valence-electron chi connectivity index (χ1n) is 19.4. The van der Waals surface area contributed by atoms with Crippen molar-refractivity contribution >= 4 is 70.4 Å². The number of anilines is 3. The summed E-state index contributed by atoms with van der Waals surface area (Å²) < 4.78 is 5.01. The summed E-state index contributed by atoms with van der Waals surface area (Å²) in [4.78, 5) is 2.33. The highest BCUT2D eigenvalue weighted by molar-refractivity contribution is 7.26. The van der Waals surface area contributed by atoms with Gasteiger partial charge in [0.2, 0.25) is 0 Å². The van der Waals surface area contributed by atoms with Crippen LogP contribution in [0.3, 0.4) is 0 Å². The summed E-state index contributed by atoms with van der Waals surface area (Å²) in [6.45, 7) is 0. The number of para-hydroxylation sites is 3. The van der Waals surface area contributed by atoms with Gasteiger partial charge in [-0.2, -0.15) is 0 Å². The first kappa shape index (κ1) is 33.2. The van der Waals surface area contributed by atoms with Crippen LogP contribution >= 0.6 is 11.3 Å². The van der Waals surface area contributed by atoms with Gasteiger partial charge in [-0.1, -0.05) is 140 Å². The summed E-state index contributed by atoms with van der Waals surface area (Å²) in [7, 11) is 0. The number of hydrogen-bond acceptors (Lipinski definition) is 2. The van der Waals surface area contributed by atoms with E-state index in [0.717, 1.165) is 22.7 Å². The van der Waals surface area contributed by atoms with E-state index in [-0.39, 0.29) is 0 Å². The fourth-order valence-corrected chi connectivity index (χ4v) is 9.68. The molecule has 11 rings (SSSR count). The van der Waals surface area contributed by atoms with E-state index < -0.39 is 0 Å². The number of nitrogens with zero attached hydrogens (tertiary/aromatic N) is 2. The molecule has 0 aliphatic rings. The number of thiophene rings is 1. The van der Waals surface area contributed by atoms with Gasteiger partial charge in [-0.05, 0) is 107 Å². The average molecular weight is 745 g/mol. The highest BCUT2D eigenvalue weighted by Crippen LogP contribution is 2.44. The van der Waals surface area contributed by atoms with Gasteiger partial charge in [-0.15, -0.1) is 11.3 Å². The van der Waals surface area contributed by atoms with Crippen molar-refractivity contribution in [3.05, 3.63) is 218 Å². The quantitative estimate of drug-likeness (QED) is 0.158. The molecule has 9 aromatic carbocycles. The Morgan fingerprint density at radius 1 is 0.333 bits per heavy atom. The number of hydrogen-bond donors (Lipinski definition) is 0. The second kappa shape index (κ2) is 13.8. The van der Waals surface area contributed by atoms with Gasteiger partial charge >= 0.3 is 0 Å². The van der Waals surface area contributed by atoms with Crippen LogP contribution in [0.5, 0.6) is 0 Å². The standard InChI is InChI=1S/C54H36N2S/c1-3-13-37(14-4-1)38-23-29-43(30-24-38)55(42-15-5-2-6-16-42)44-31-25-39(26-32-44)41-35-49(54-50(36-41)48-19-9-12-22-53(48)57-54)40-27-33-45(34-28-40)56-51-20-10-7-17-46(51)47-18-8-11-21-52(47)56/h1-36H. The lowest BCUT2D eigenvalue weighted by Gasteiger charge is -2.26. The Bertz CT molecular complexity index is 3140. The molecule has 268 valence electrons. The molecule has 2 aromatic heterocycles. The maximum absolute atomic E-state index is 2.39. The first-order chi connectivity index (χ1) is 28.3. The molecule has 0 amide bonds. The monoisotopic (exact) mass is 744 g/mol. The van der Waals surface area contributed by atoms with E-state index >= 15 is 0 Å². The molecule has 0 radical (unpaired) electrons. The third-order valence-electron chi connectivity index (χ3n) is 11.2. The molecule has 0 N–H and O–H groups in total. The van der Waals surface area contributed by atoms with Gasteiger partial charge in [0.25, 0.3) is 0 Å². The molecule has 0 unspecified atom stereocenters. The van der Waals surface area contributed by atoms with Crippen LogP contribution in [0, 0.1) is 0 Å². The molecule has 3 heteroatoms. The van der Waals surface area contributed by atoms with Crippen molar-refractivity contribution in [2.24, 2.45) is 0 Å². The molecule has 0 aliphatic carbocycles. The summed E-state index contributed by atoms with van der Waals surface area (Å²) in [5.41, 5.74) is 14.2. The Labute approximate surface area is 335 Å². The Balaban J connectivity index is 1.000. The zero-order valence-corrected chi connectivity index (χ0v) is 31.9.